The molecule has 25 heavy (non-hydrogen) atoms. The van der Waals surface area contributed by atoms with Crippen LogP contribution in [0, 0.1) is 13.8 Å². The molecule has 8 heteroatoms. The highest BCUT2D eigenvalue weighted by Crippen LogP contribution is 2.25. The van der Waals surface area contributed by atoms with Crippen molar-refractivity contribution < 1.29 is 9.53 Å². The van der Waals surface area contributed by atoms with Gasteiger partial charge in [-0.25, -0.2) is 9.97 Å². The quantitative estimate of drug-likeness (QED) is 0.751. The van der Waals surface area contributed by atoms with Crippen LogP contribution in [0.3, 0.4) is 0 Å². The number of aromatic nitrogens is 3. The Balaban J connectivity index is 1.70. The minimum absolute atomic E-state index is 0.0698. The van der Waals surface area contributed by atoms with E-state index in [9.17, 15) is 9.59 Å². The third kappa shape index (κ3) is 3.53. The summed E-state index contributed by atoms with van der Waals surface area (Å²) in [5, 5.41) is 3.37. The molecule has 3 heterocycles. The maximum absolute atomic E-state index is 12.6. The molecule has 0 aliphatic carbocycles. The van der Waals surface area contributed by atoms with Gasteiger partial charge in [-0.3, -0.25) is 14.2 Å². The standard InChI is InChI=1S/C17H18N4O3S/c1-10-11(2)25-16-15(10)17(23)21(9-20-16)8-13(22)18-6-12-4-5-14(24-3)19-7-12/h4-5,7,9H,6,8H2,1-3H3,(H,18,22). The fourth-order valence-electron chi connectivity index (χ4n) is 2.43. The lowest BCUT2D eigenvalue weighted by molar-refractivity contribution is -0.121. The van der Waals surface area contributed by atoms with Crippen LogP contribution in [0.15, 0.2) is 29.5 Å². The first-order chi connectivity index (χ1) is 12.0. The van der Waals surface area contributed by atoms with Crippen molar-refractivity contribution in [1.82, 2.24) is 19.9 Å². The Morgan fingerprint density at radius 2 is 2.12 bits per heavy atom. The highest BCUT2D eigenvalue weighted by molar-refractivity contribution is 7.18. The Hall–Kier alpha value is -2.74. The van der Waals surface area contributed by atoms with Crippen molar-refractivity contribution in [3.63, 3.8) is 0 Å². The molecule has 0 fully saturated rings. The maximum atomic E-state index is 12.6. The van der Waals surface area contributed by atoms with E-state index in [1.165, 1.54) is 22.2 Å². The number of rotatable bonds is 5. The molecule has 0 aliphatic heterocycles. The third-order valence-electron chi connectivity index (χ3n) is 3.97. The molecule has 0 aromatic carbocycles. The predicted octanol–water partition coefficient (Wildman–Crippen LogP) is 1.79. The van der Waals surface area contributed by atoms with Crippen molar-refractivity contribution in [3.8, 4) is 5.88 Å². The molecule has 0 aliphatic rings. The molecule has 0 unspecified atom stereocenters. The molecule has 1 amide bonds. The van der Waals surface area contributed by atoms with Crippen LogP contribution in [0.1, 0.15) is 16.0 Å². The van der Waals surface area contributed by atoms with Gasteiger partial charge in [-0.05, 0) is 25.0 Å². The largest absolute Gasteiger partial charge is 0.481 e. The van der Waals surface area contributed by atoms with Crippen molar-refractivity contribution in [2.75, 3.05) is 7.11 Å². The monoisotopic (exact) mass is 358 g/mol. The number of amides is 1. The SMILES string of the molecule is COc1ccc(CNC(=O)Cn2cnc3sc(C)c(C)c3c2=O)cn1. The fourth-order valence-corrected chi connectivity index (χ4v) is 3.42. The number of carbonyl (C=O) groups is 1. The Morgan fingerprint density at radius 1 is 1.32 bits per heavy atom. The molecule has 3 aromatic heterocycles. The molecule has 3 rings (SSSR count). The van der Waals surface area contributed by atoms with Crippen LogP contribution < -0.4 is 15.6 Å². The van der Waals surface area contributed by atoms with Gasteiger partial charge in [0.25, 0.3) is 5.56 Å². The zero-order valence-corrected chi connectivity index (χ0v) is 15.0. The number of nitrogens with zero attached hydrogens (tertiary/aromatic N) is 3. The summed E-state index contributed by atoms with van der Waals surface area (Å²) in [5.41, 5.74) is 1.59. The molecule has 0 atom stereocenters. The van der Waals surface area contributed by atoms with Crippen molar-refractivity contribution >= 4 is 27.5 Å². The highest BCUT2D eigenvalue weighted by Gasteiger charge is 2.13. The minimum Gasteiger partial charge on any atom is -0.481 e. The lowest BCUT2D eigenvalue weighted by Gasteiger charge is -2.08. The zero-order valence-electron chi connectivity index (χ0n) is 14.2. The van der Waals surface area contributed by atoms with Gasteiger partial charge in [0.05, 0.1) is 18.8 Å². The lowest BCUT2D eigenvalue weighted by atomic mass is 10.2. The van der Waals surface area contributed by atoms with E-state index in [-0.39, 0.29) is 18.0 Å². The van der Waals surface area contributed by atoms with Gasteiger partial charge in [0.15, 0.2) is 0 Å². The van der Waals surface area contributed by atoms with Gasteiger partial charge in [0, 0.05) is 23.7 Å². The number of aryl methyl sites for hydroxylation is 2. The third-order valence-corrected chi connectivity index (χ3v) is 5.08. The maximum Gasteiger partial charge on any atom is 0.262 e. The molecule has 3 aromatic rings. The van der Waals surface area contributed by atoms with E-state index in [2.05, 4.69) is 15.3 Å². The number of hydrogen-bond acceptors (Lipinski definition) is 6. The van der Waals surface area contributed by atoms with Crippen molar-refractivity contribution in [2.24, 2.45) is 0 Å². The van der Waals surface area contributed by atoms with Gasteiger partial charge in [-0.15, -0.1) is 11.3 Å². The van der Waals surface area contributed by atoms with Crippen LogP contribution in [0.2, 0.25) is 0 Å². The molecule has 0 bridgehead atoms. The van der Waals surface area contributed by atoms with E-state index in [1.54, 1.807) is 19.4 Å². The number of nitrogens with one attached hydrogen (secondary N) is 1. The van der Waals surface area contributed by atoms with Crippen molar-refractivity contribution in [1.29, 1.82) is 0 Å². The molecule has 7 nitrogen and oxygen atoms in total. The van der Waals surface area contributed by atoms with Gasteiger partial charge in [-0.1, -0.05) is 6.07 Å². The fraction of sp³-hybridized carbons (Fsp3) is 0.294. The van der Waals surface area contributed by atoms with Crippen LogP contribution in [0.25, 0.3) is 10.2 Å². The Bertz CT molecular complexity index is 976. The number of methoxy groups -OCH3 is 1. The van der Waals surface area contributed by atoms with Gasteiger partial charge < -0.3 is 10.1 Å². The van der Waals surface area contributed by atoms with E-state index in [4.69, 9.17) is 4.74 Å². The summed E-state index contributed by atoms with van der Waals surface area (Å²) in [7, 11) is 1.54. The number of hydrogen-bond donors (Lipinski definition) is 1. The molecule has 0 saturated heterocycles. The summed E-state index contributed by atoms with van der Waals surface area (Å²) in [6, 6.07) is 3.55. The zero-order chi connectivity index (χ0) is 18.0. The minimum atomic E-state index is -0.260. The summed E-state index contributed by atoms with van der Waals surface area (Å²) in [5.74, 6) is 0.256. The number of fused-ring (bicyclic) bond motifs is 1. The van der Waals surface area contributed by atoms with Crippen LogP contribution in [0.5, 0.6) is 5.88 Å². The molecular formula is C17H18N4O3S. The van der Waals surface area contributed by atoms with Crippen LogP contribution in [-0.2, 0) is 17.9 Å². The summed E-state index contributed by atoms with van der Waals surface area (Å²) in [6.07, 6.45) is 3.06. The molecular weight excluding hydrogens is 340 g/mol. The normalized spacial score (nSPS) is 10.8. The first-order valence-corrected chi connectivity index (χ1v) is 8.52. The highest BCUT2D eigenvalue weighted by atomic mass is 32.1. The topological polar surface area (TPSA) is 86.1 Å². The summed E-state index contributed by atoms with van der Waals surface area (Å²) in [6.45, 7) is 4.12. The molecule has 0 spiro atoms. The molecule has 1 N–H and O–H groups in total. The number of thiophene rings is 1. The van der Waals surface area contributed by atoms with Gasteiger partial charge in [0.1, 0.15) is 11.4 Å². The molecule has 0 saturated carbocycles. The Kier molecular flexibility index (Phi) is 4.80. The van der Waals surface area contributed by atoms with Crippen LogP contribution in [0.4, 0.5) is 0 Å². The van der Waals surface area contributed by atoms with Crippen LogP contribution >= 0.6 is 11.3 Å². The van der Waals surface area contributed by atoms with Crippen molar-refractivity contribution in [3.05, 3.63) is 51.0 Å². The van der Waals surface area contributed by atoms with Gasteiger partial charge >= 0.3 is 0 Å². The number of ether oxygens (including phenoxy) is 1. The molecule has 130 valence electrons. The first-order valence-electron chi connectivity index (χ1n) is 7.70. The van der Waals surface area contributed by atoms with Gasteiger partial charge in [-0.2, -0.15) is 0 Å². The average molecular weight is 358 g/mol. The second-order valence-electron chi connectivity index (χ2n) is 5.63. The Morgan fingerprint density at radius 3 is 2.80 bits per heavy atom. The summed E-state index contributed by atoms with van der Waals surface area (Å²) in [4.78, 5) is 34.9. The van der Waals surface area contributed by atoms with E-state index in [0.717, 1.165) is 16.0 Å². The van der Waals surface area contributed by atoms with Gasteiger partial charge in [0.2, 0.25) is 11.8 Å². The summed E-state index contributed by atoms with van der Waals surface area (Å²) >= 11 is 1.49. The predicted molar refractivity (Wildman–Crippen MR) is 96.0 cm³/mol. The second kappa shape index (κ2) is 7.02. The second-order valence-corrected chi connectivity index (χ2v) is 6.83. The smallest absolute Gasteiger partial charge is 0.262 e. The lowest BCUT2D eigenvalue weighted by Crippen LogP contribution is -2.32. The molecule has 0 radical (unpaired) electrons. The average Bonchev–Trinajstić information content (AvgIpc) is 2.91. The van der Waals surface area contributed by atoms with E-state index >= 15 is 0 Å². The van der Waals surface area contributed by atoms with E-state index in [1.807, 2.05) is 19.9 Å². The van der Waals surface area contributed by atoms with Crippen molar-refractivity contribution in [2.45, 2.75) is 26.9 Å². The van der Waals surface area contributed by atoms with E-state index < -0.39 is 0 Å². The number of pyridine rings is 1. The van der Waals surface area contributed by atoms with E-state index in [0.29, 0.717) is 22.6 Å². The first kappa shape index (κ1) is 17.1. The number of carbonyl (C=O) groups excluding carboxylic acids is 1. The summed E-state index contributed by atoms with van der Waals surface area (Å²) < 4.78 is 6.33. The van der Waals surface area contributed by atoms with Crippen LogP contribution in [-0.4, -0.2) is 27.6 Å². The Labute approximate surface area is 148 Å².